The topological polar surface area (TPSA) is 12.4 Å². The van der Waals surface area contributed by atoms with E-state index in [0.717, 1.165) is 30.4 Å². The monoisotopic (exact) mass is 419 g/mol. The van der Waals surface area contributed by atoms with Crippen molar-refractivity contribution in [1.29, 1.82) is 0 Å². The van der Waals surface area contributed by atoms with E-state index in [4.69, 9.17) is 12.2 Å². The van der Waals surface area contributed by atoms with Crippen LogP contribution >= 0.6 is 12.2 Å². The van der Waals surface area contributed by atoms with Gasteiger partial charge in [-0.05, 0) is 85.3 Å². The second kappa shape index (κ2) is 12.8. The molecule has 0 N–H and O–H groups in total. The highest BCUT2D eigenvalue weighted by Crippen LogP contribution is 2.38. The number of nitrogens with zero attached hydrogens (tertiary/aromatic N) is 1. The zero-order valence-corrected chi connectivity index (χ0v) is 19.4. The number of hydrogen-bond donors (Lipinski definition) is 0. The first kappa shape index (κ1) is 22.9. The smallest absolute Gasteiger partial charge is 0.0771 e. The highest BCUT2D eigenvalue weighted by atomic mass is 32.1. The SMILES string of the molecule is CCCCCCCC1CCC(c2ccc(CCc3ccccc3N=C=S)cc2)CC1. The Hall–Kier alpha value is -1.76. The average Bonchev–Trinajstić information content (AvgIpc) is 2.79. The Balaban J connectivity index is 1.43. The Bertz CT molecular complexity index is 796. The number of thiocarbonyl (C=S) groups is 1. The quantitative estimate of drug-likeness (QED) is 0.201. The fourth-order valence-corrected chi connectivity index (χ4v) is 5.04. The number of benzene rings is 2. The number of hydrogen-bond acceptors (Lipinski definition) is 2. The normalized spacial score (nSPS) is 18.7. The van der Waals surface area contributed by atoms with Gasteiger partial charge in [-0.1, -0.05) is 87.9 Å². The lowest BCUT2D eigenvalue weighted by atomic mass is 9.77. The van der Waals surface area contributed by atoms with Crippen molar-refractivity contribution in [2.24, 2.45) is 10.9 Å². The van der Waals surface area contributed by atoms with Crippen molar-refractivity contribution in [3.8, 4) is 0 Å². The first-order valence-corrected chi connectivity index (χ1v) is 12.5. The molecule has 30 heavy (non-hydrogen) atoms. The van der Waals surface area contributed by atoms with Crippen LogP contribution in [0.1, 0.15) is 93.7 Å². The summed E-state index contributed by atoms with van der Waals surface area (Å²) in [6.07, 6.45) is 16.2. The number of aryl methyl sites for hydroxylation is 2. The first-order valence-electron chi connectivity index (χ1n) is 12.0. The van der Waals surface area contributed by atoms with Crippen LogP contribution in [0.4, 0.5) is 5.69 Å². The third kappa shape index (κ3) is 7.18. The van der Waals surface area contributed by atoms with E-state index in [-0.39, 0.29) is 0 Å². The van der Waals surface area contributed by atoms with Crippen molar-refractivity contribution >= 4 is 23.1 Å². The minimum Gasteiger partial charge on any atom is -0.194 e. The van der Waals surface area contributed by atoms with Gasteiger partial charge < -0.3 is 0 Å². The molecule has 1 aliphatic carbocycles. The summed E-state index contributed by atoms with van der Waals surface area (Å²) in [4.78, 5) is 4.20. The molecule has 0 saturated heterocycles. The van der Waals surface area contributed by atoms with Crippen LogP contribution in [0.25, 0.3) is 0 Å². The lowest BCUT2D eigenvalue weighted by Crippen LogP contribution is -2.13. The predicted octanol–water partition coefficient (Wildman–Crippen LogP) is 8.84. The zero-order valence-electron chi connectivity index (χ0n) is 18.6. The molecule has 160 valence electrons. The van der Waals surface area contributed by atoms with E-state index in [9.17, 15) is 0 Å². The van der Waals surface area contributed by atoms with E-state index in [1.165, 1.54) is 75.3 Å². The summed E-state index contributed by atoms with van der Waals surface area (Å²) in [5.74, 6) is 1.75. The summed E-state index contributed by atoms with van der Waals surface area (Å²) in [5.41, 5.74) is 5.14. The minimum atomic E-state index is 0.771. The highest BCUT2D eigenvalue weighted by molar-refractivity contribution is 7.78. The third-order valence-electron chi connectivity index (χ3n) is 6.85. The lowest BCUT2D eigenvalue weighted by molar-refractivity contribution is 0.302. The van der Waals surface area contributed by atoms with Gasteiger partial charge in [0.2, 0.25) is 0 Å². The molecule has 1 nitrogen and oxygen atoms in total. The Morgan fingerprint density at radius 3 is 2.33 bits per heavy atom. The molecule has 3 rings (SSSR count). The number of isothiocyanates is 1. The zero-order chi connectivity index (χ0) is 21.0. The van der Waals surface area contributed by atoms with E-state index in [0.29, 0.717) is 0 Å². The molecule has 0 aliphatic heterocycles. The van der Waals surface area contributed by atoms with Crippen LogP contribution in [-0.4, -0.2) is 5.16 Å². The van der Waals surface area contributed by atoms with Crippen LogP contribution in [0.3, 0.4) is 0 Å². The Morgan fingerprint density at radius 1 is 0.867 bits per heavy atom. The van der Waals surface area contributed by atoms with Crippen molar-refractivity contribution in [2.75, 3.05) is 0 Å². The first-order chi connectivity index (χ1) is 14.8. The van der Waals surface area contributed by atoms with Gasteiger partial charge >= 0.3 is 0 Å². The van der Waals surface area contributed by atoms with Crippen molar-refractivity contribution in [2.45, 2.75) is 89.9 Å². The Morgan fingerprint density at radius 2 is 1.60 bits per heavy atom. The maximum Gasteiger partial charge on any atom is 0.0771 e. The van der Waals surface area contributed by atoms with Crippen LogP contribution in [0.5, 0.6) is 0 Å². The molecule has 0 aromatic heterocycles. The minimum absolute atomic E-state index is 0.771. The van der Waals surface area contributed by atoms with Gasteiger partial charge in [-0.25, -0.2) is 0 Å². The summed E-state index contributed by atoms with van der Waals surface area (Å²) >= 11 is 4.77. The molecule has 0 amide bonds. The summed E-state index contributed by atoms with van der Waals surface area (Å²) < 4.78 is 0. The van der Waals surface area contributed by atoms with Gasteiger partial charge in [-0.15, -0.1) is 0 Å². The van der Waals surface area contributed by atoms with Gasteiger partial charge in [0.15, 0.2) is 0 Å². The van der Waals surface area contributed by atoms with Crippen LogP contribution in [0.15, 0.2) is 53.5 Å². The highest BCUT2D eigenvalue weighted by Gasteiger charge is 2.22. The summed E-state index contributed by atoms with van der Waals surface area (Å²) in [6.45, 7) is 2.30. The molecule has 0 bridgehead atoms. The molecule has 0 spiro atoms. The van der Waals surface area contributed by atoms with Crippen molar-refractivity contribution in [3.05, 3.63) is 65.2 Å². The second-order valence-electron chi connectivity index (χ2n) is 8.99. The molecule has 0 heterocycles. The molecule has 2 heteroatoms. The van der Waals surface area contributed by atoms with Crippen LogP contribution in [0, 0.1) is 5.92 Å². The van der Waals surface area contributed by atoms with Crippen molar-refractivity contribution < 1.29 is 0 Å². The predicted molar refractivity (Wildman–Crippen MR) is 133 cm³/mol. The summed E-state index contributed by atoms with van der Waals surface area (Å²) in [7, 11) is 0. The molecule has 1 saturated carbocycles. The summed E-state index contributed by atoms with van der Waals surface area (Å²) in [5, 5.41) is 2.50. The van der Waals surface area contributed by atoms with Gasteiger partial charge in [-0.2, -0.15) is 4.99 Å². The molecule has 2 aromatic carbocycles. The molecular weight excluding hydrogens is 382 g/mol. The number of aliphatic imine (C=N–C) groups is 1. The molecule has 2 aromatic rings. The number of para-hydroxylation sites is 1. The van der Waals surface area contributed by atoms with Gasteiger partial charge in [0.1, 0.15) is 0 Å². The number of unbranched alkanes of at least 4 members (excludes halogenated alkanes) is 4. The fourth-order valence-electron chi connectivity index (χ4n) is 4.94. The number of rotatable bonds is 11. The summed E-state index contributed by atoms with van der Waals surface area (Å²) in [6, 6.07) is 17.7. The van der Waals surface area contributed by atoms with Crippen molar-refractivity contribution in [3.63, 3.8) is 0 Å². The van der Waals surface area contributed by atoms with E-state index < -0.39 is 0 Å². The van der Waals surface area contributed by atoms with E-state index in [2.05, 4.69) is 53.5 Å². The second-order valence-corrected chi connectivity index (χ2v) is 9.18. The fraction of sp³-hybridized carbons (Fsp3) is 0.536. The van der Waals surface area contributed by atoms with Gasteiger partial charge in [0.25, 0.3) is 0 Å². The third-order valence-corrected chi connectivity index (χ3v) is 6.95. The van der Waals surface area contributed by atoms with Crippen LogP contribution < -0.4 is 0 Å². The van der Waals surface area contributed by atoms with E-state index in [1.54, 1.807) is 5.56 Å². The lowest BCUT2D eigenvalue weighted by Gasteiger charge is -2.29. The van der Waals surface area contributed by atoms with Gasteiger partial charge in [0.05, 0.1) is 10.8 Å². The largest absolute Gasteiger partial charge is 0.194 e. The molecule has 1 aliphatic rings. The molecule has 1 fully saturated rings. The Kier molecular flexibility index (Phi) is 9.80. The Labute approximate surface area is 189 Å². The van der Waals surface area contributed by atoms with Crippen molar-refractivity contribution in [1.82, 2.24) is 0 Å². The average molecular weight is 420 g/mol. The van der Waals surface area contributed by atoms with E-state index in [1.807, 2.05) is 12.1 Å². The van der Waals surface area contributed by atoms with Crippen LogP contribution in [0.2, 0.25) is 0 Å². The molecule has 0 radical (unpaired) electrons. The maximum absolute atomic E-state index is 4.77. The van der Waals surface area contributed by atoms with Gasteiger partial charge in [-0.3, -0.25) is 0 Å². The van der Waals surface area contributed by atoms with E-state index >= 15 is 0 Å². The standard InChI is InChI=1S/C28H37NS/c1-2-3-4-5-6-9-23-12-17-25(18-13-23)26-19-14-24(15-20-26)16-21-27-10-7-8-11-28(27)29-22-30/h7-8,10-11,14-15,19-20,23,25H,2-6,9,12-13,16-18,21H2,1H3. The molecular formula is C28H37NS. The molecule has 0 unspecified atom stereocenters. The van der Waals surface area contributed by atoms with Gasteiger partial charge in [0, 0.05) is 0 Å². The maximum atomic E-state index is 4.77. The van der Waals surface area contributed by atoms with Crippen LogP contribution in [-0.2, 0) is 12.8 Å². The molecule has 0 atom stereocenters.